The molecule has 1 aromatic heterocycles. The van der Waals surface area contributed by atoms with Gasteiger partial charge in [-0.15, -0.1) is 0 Å². The van der Waals surface area contributed by atoms with Gasteiger partial charge in [-0.05, 0) is 51.4 Å². The van der Waals surface area contributed by atoms with Crippen molar-refractivity contribution in [2.75, 3.05) is 30.4 Å². The lowest BCUT2D eigenvalue weighted by Gasteiger charge is -2.36. The molecule has 2 fully saturated rings. The number of carbonyl (C=O) groups excluding carboxylic acids is 1. The number of nitrogen functional groups attached to an aromatic ring is 1. The summed E-state index contributed by atoms with van der Waals surface area (Å²) < 4.78 is 11.5. The molecule has 1 unspecified atom stereocenters. The maximum absolute atomic E-state index is 12.5. The van der Waals surface area contributed by atoms with Crippen LogP contribution in [-0.4, -0.2) is 41.2 Å². The third kappa shape index (κ3) is 4.34. The van der Waals surface area contributed by atoms with Gasteiger partial charge in [0.05, 0.1) is 18.6 Å². The van der Waals surface area contributed by atoms with Crippen LogP contribution in [0.3, 0.4) is 0 Å². The Labute approximate surface area is 160 Å². The van der Waals surface area contributed by atoms with Crippen molar-refractivity contribution < 1.29 is 14.3 Å². The monoisotopic (exact) mass is 374 g/mol. The Kier molecular flexibility index (Phi) is 4.97. The van der Waals surface area contributed by atoms with Gasteiger partial charge in [0.15, 0.2) is 0 Å². The number of hydrogen-bond donors (Lipinski definition) is 1. The molecule has 27 heavy (non-hydrogen) atoms. The highest BCUT2D eigenvalue weighted by Crippen LogP contribution is 2.35. The molecular formula is C20H30N4O3. The predicted molar refractivity (Wildman–Crippen MR) is 103 cm³/mol. The van der Waals surface area contributed by atoms with Gasteiger partial charge in [-0.25, -0.2) is 0 Å². The average molecular weight is 374 g/mol. The number of anilines is 2. The number of ether oxygens (including phenoxy) is 2. The minimum atomic E-state index is -0.0784. The molecule has 0 spiro atoms. The number of nitrogens with zero attached hydrogens (tertiary/aromatic N) is 3. The van der Waals surface area contributed by atoms with Gasteiger partial charge in [0, 0.05) is 18.7 Å². The number of nitrogens with two attached hydrogens (primary N) is 1. The minimum absolute atomic E-state index is 0.0486. The molecule has 1 aromatic rings. The molecule has 7 nitrogen and oxygen atoms in total. The van der Waals surface area contributed by atoms with Gasteiger partial charge in [-0.1, -0.05) is 12.8 Å². The lowest BCUT2D eigenvalue weighted by atomic mass is 9.86. The van der Waals surface area contributed by atoms with Crippen LogP contribution in [0.25, 0.3) is 0 Å². The highest BCUT2D eigenvalue weighted by molar-refractivity contribution is 6.01. The number of amides is 1. The first-order valence-electron chi connectivity index (χ1n) is 10.1. The average Bonchev–Trinajstić information content (AvgIpc) is 3.35. The molecule has 4 rings (SSSR count). The van der Waals surface area contributed by atoms with Gasteiger partial charge < -0.3 is 15.2 Å². The van der Waals surface area contributed by atoms with E-state index in [1.807, 2.05) is 0 Å². The molecule has 3 aliphatic rings. The molecule has 1 aliphatic carbocycles. The lowest BCUT2D eigenvalue weighted by molar-refractivity contribution is -0.117. The van der Waals surface area contributed by atoms with Crippen molar-refractivity contribution >= 4 is 17.5 Å². The highest BCUT2D eigenvalue weighted by Gasteiger charge is 2.34. The van der Waals surface area contributed by atoms with Crippen LogP contribution in [0.1, 0.15) is 57.9 Å². The Morgan fingerprint density at radius 2 is 2.04 bits per heavy atom. The molecule has 0 aromatic carbocycles. The zero-order valence-corrected chi connectivity index (χ0v) is 16.4. The molecular weight excluding hydrogens is 344 g/mol. The molecule has 1 amide bonds. The Morgan fingerprint density at radius 3 is 2.78 bits per heavy atom. The molecule has 3 heterocycles. The lowest BCUT2D eigenvalue weighted by Crippen LogP contribution is -2.36. The minimum Gasteiger partial charge on any atom is -0.463 e. The second-order valence-corrected chi connectivity index (χ2v) is 8.75. The molecule has 1 saturated carbocycles. The summed E-state index contributed by atoms with van der Waals surface area (Å²) >= 11 is 0. The number of carbonyl (C=O) groups is 1. The van der Waals surface area contributed by atoms with Gasteiger partial charge in [-0.3, -0.25) is 9.69 Å². The number of rotatable bonds is 7. The molecule has 0 bridgehead atoms. The Balaban J connectivity index is 1.42. The van der Waals surface area contributed by atoms with Crippen molar-refractivity contribution in [1.82, 2.24) is 9.97 Å². The highest BCUT2D eigenvalue weighted by atomic mass is 16.5. The third-order valence-corrected chi connectivity index (χ3v) is 5.90. The second-order valence-electron chi connectivity index (χ2n) is 8.75. The van der Waals surface area contributed by atoms with Crippen LogP contribution in [0.5, 0.6) is 6.01 Å². The Hall–Kier alpha value is -1.89. The standard InChI is InChI=1S/C20H30N4O3/c1-20(2)12-14(7-10-27-20)5-8-24-16(25)11-15-17(21)22-19(23-18(15)24)26-9-6-13-3-4-13/h13-14H,3-12H2,1-2H3,(H2,21,22,23). The zero-order valence-electron chi connectivity index (χ0n) is 16.4. The topological polar surface area (TPSA) is 90.6 Å². The maximum Gasteiger partial charge on any atom is 0.320 e. The summed E-state index contributed by atoms with van der Waals surface area (Å²) in [5, 5.41) is 0. The summed E-state index contributed by atoms with van der Waals surface area (Å²) in [6.07, 6.45) is 6.90. The molecule has 1 atom stereocenters. The van der Waals surface area contributed by atoms with Crippen LogP contribution in [0.15, 0.2) is 0 Å². The third-order valence-electron chi connectivity index (χ3n) is 5.90. The molecule has 0 radical (unpaired) electrons. The van der Waals surface area contributed by atoms with Gasteiger partial charge >= 0.3 is 6.01 Å². The van der Waals surface area contributed by atoms with Crippen molar-refractivity contribution in [2.45, 2.75) is 64.4 Å². The smallest absolute Gasteiger partial charge is 0.320 e. The van der Waals surface area contributed by atoms with Gasteiger partial charge in [0.2, 0.25) is 5.91 Å². The molecule has 2 aliphatic heterocycles. The van der Waals surface area contributed by atoms with Crippen LogP contribution in [-0.2, 0) is 16.0 Å². The van der Waals surface area contributed by atoms with Gasteiger partial charge in [-0.2, -0.15) is 9.97 Å². The zero-order chi connectivity index (χ0) is 19.0. The van der Waals surface area contributed by atoms with Crippen LogP contribution < -0.4 is 15.4 Å². The maximum atomic E-state index is 12.5. The normalized spacial score (nSPS) is 24.1. The van der Waals surface area contributed by atoms with Gasteiger partial charge in [0.1, 0.15) is 11.6 Å². The van der Waals surface area contributed by atoms with Gasteiger partial charge in [0.25, 0.3) is 0 Å². The van der Waals surface area contributed by atoms with Crippen molar-refractivity contribution in [3.8, 4) is 6.01 Å². The van der Waals surface area contributed by atoms with E-state index >= 15 is 0 Å². The summed E-state index contributed by atoms with van der Waals surface area (Å²) in [7, 11) is 0. The van der Waals surface area contributed by atoms with Crippen LogP contribution in [0, 0.1) is 11.8 Å². The van der Waals surface area contributed by atoms with Crippen molar-refractivity contribution in [3.05, 3.63) is 5.56 Å². The molecule has 2 N–H and O–H groups in total. The van der Waals surface area contributed by atoms with E-state index in [4.69, 9.17) is 15.2 Å². The first kappa shape index (κ1) is 18.5. The van der Waals surface area contributed by atoms with Crippen LogP contribution in [0.4, 0.5) is 11.6 Å². The van der Waals surface area contributed by atoms with Crippen LogP contribution >= 0.6 is 0 Å². The summed E-state index contributed by atoms with van der Waals surface area (Å²) in [4.78, 5) is 23.1. The SMILES string of the molecule is CC1(C)CC(CCN2C(=O)Cc3c(N)nc(OCCC4CC4)nc32)CCO1. The summed E-state index contributed by atoms with van der Waals surface area (Å²) in [5.41, 5.74) is 6.75. The summed E-state index contributed by atoms with van der Waals surface area (Å²) in [5.74, 6) is 2.40. The van der Waals surface area contributed by atoms with E-state index in [-0.39, 0.29) is 17.9 Å². The van der Waals surface area contributed by atoms with E-state index in [1.54, 1.807) is 4.90 Å². The second kappa shape index (κ2) is 7.26. The molecule has 7 heteroatoms. The number of hydrogen-bond acceptors (Lipinski definition) is 6. The quantitative estimate of drug-likeness (QED) is 0.789. The predicted octanol–water partition coefficient (Wildman–Crippen LogP) is 2.72. The summed E-state index contributed by atoms with van der Waals surface area (Å²) in [6.45, 7) is 6.32. The largest absolute Gasteiger partial charge is 0.463 e. The fourth-order valence-electron chi connectivity index (χ4n) is 4.16. The number of fused-ring (bicyclic) bond motifs is 1. The fraction of sp³-hybridized carbons (Fsp3) is 0.750. The van der Waals surface area contributed by atoms with E-state index in [2.05, 4.69) is 23.8 Å². The first-order valence-corrected chi connectivity index (χ1v) is 10.1. The molecule has 1 saturated heterocycles. The van der Waals surface area contributed by atoms with Crippen molar-refractivity contribution in [2.24, 2.45) is 11.8 Å². The van der Waals surface area contributed by atoms with E-state index in [1.165, 1.54) is 12.8 Å². The summed E-state index contributed by atoms with van der Waals surface area (Å²) in [6, 6.07) is 0.291. The Bertz CT molecular complexity index is 717. The van der Waals surface area contributed by atoms with E-state index in [0.29, 0.717) is 36.7 Å². The van der Waals surface area contributed by atoms with E-state index in [0.717, 1.165) is 43.8 Å². The fourth-order valence-corrected chi connectivity index (χ4v) is 4.16. The van der Waals surface area contributed by atoms with Crippen molar-refractivity contribution in [1.29, 1.82) is 0 Å². The Morgan fingerprint density at radius 1 is 1.22 bits per heavy atom. The van der Waals surface area contributed by atoms with Crippen molar-refractivity contribution in [3.63, 3.8) is 0 Å². The van der Waals surface area contributed by atoms with E-state index in [9.17, 15) is 4.79 Å². The number of aromatic nitrogens is 2. The molecule has 148 valence electrons. The van der Waals surface area contributed by atoms with E-state index < -0.39 is 0 Å². The first-order chi connectivity index (χ1) is 12.9. The van der Waals surface area contributed by atoms with Crippen LogP contribution in [0.2, 0.25) is 0 Å².